The number of piperidine rings is 1. The Hall–Kier alpha value is -0.960. The number of carbonyl (C=O) groups is 1. The Kier molecular flexibility index (Phi) is 4.48. The lowest BCUT2D eigenvalue weighted by atomic mass is 9.96. The molecule has 1 fully saturated rings. The molecule has 6 nitrogen and oxygen atoms in total. The molecule has 0 spiro atoms. The smallest absolute Gasteiger partial charge is 0.349 e. The van der Waals surface area contributed by atoms with Gasteiger partial charge in [0, 0.05) is 19.1 Å². The fourth-order valence-electron chi connectivity index (χ4n) is 2.17. The van der Waals surface area contributed by atoms with E-state index in [-0.39, 0.29) is 22.4 Å². The summed E-state index contributed by atoms with van der Waals surface area (Å²) in [6, 6.07) is 1.26. The molecule has 1 aliphatic rings. The summed E-state index contributed by atoms with van der Waals surface area (Å²) in [7, 11) is -2.46. The Morgan fingerprint density at radius 3 is 2.85 bits per heavy atom. The number of carbonyl (C=O) groups excluding carboxylic acids is 1. The van der Waals surface area contributed by atoms with E-state index in [9.17, 15) is 13.2 Å². The highest BCUT2D eigenvalue weighted by molar-refractivity contribution is 7.89. The molecular weight excluding hydrogens is 300 g/mol. The predicted octanol–water partition coefficient (Wildman–Crippen LogP) is 0.893. The van der Waals surface area contributed by atoms with Gasteiger partial charge in [0.1, 0.15) is 9.77 Å². The zero-order chi connectivity index (χ0) is 14.9. The van der Waals surface area contributed by atoms with Crippen LogP contribution in [0.5, 0.6) is 0 Å². The average molecular weight is 318 g/mol. The van der Waals surface area contributed by atoms with Gasteiger partial charge in [0.05, 0.1) is 7.11 Å². The Morgan fingerprint density at radius 1 is 1.55 bits per heavy atom. The first-order valence-electron chi connectivity index (χ1n) is 6.29. The number of esters is 1. The Morgan fingerprint density at radius 2 is 2.25 bits per heavy atom. The van der Waals surface area contributed by atoms with Gasteiger partial charge in [-0.05, 0) is 23.8 Å². The van der Waals surface area contributed by atoms with Crippen LogP contribution in [0.2, 0.25) is 0 Å². The summed E-state index contributed by atoms with van der Waals surface area (Å²) >= 11 is 1.06. The summed E-state index contributed by atoms with van der Waals surface area (Å²) in [5.41, 5.74) is 5.95. The van der Waals surface area contributed by atoms with Crippen molar-refractivity contribution in [3.8, 4) is 0 Å². The topological polar surface area (TPSA) is 89.7 Å². The van der Waals surface area contributed by atoms with Gasteiger partial charge in [-0.1, -0.05) is 6.92 Å². The number of nitrogens with zero attached hydrogens (tertiary/aromatic N) is 1. The molecule has 2 N–H and O–H groups in total. The second kappa shape index (κ2) is 5.80. The SMILES string of the molecule is COC(=O)c1sccc1S(=O)(=O)N1CCC(C)C(N)C1. The van der Waals surface area contributed by atoms with Crippen LogP contribution < -0.4 is 5.73 Å². The molecule has 112 valence electrons. The summed E-state index contributed by atoms with van der Waals surface area (Å²) in [5.74, 6) is -0.336. The molecule has 0 saturated carbocycles. The first kappa shape index (κ1) is 15.4. The van der Waals surface area contributed by atoms with Crippen molar-refractivity contribution in [2.75, 3.05) is 20.2 Å². The molecule has 0 aromatic carbocycles. The quantitative estimate of drug-likeness (QED) is 0.836. The van der Waals surface area contributed by atoms with Gasteiger partial charge in [-0.3, -0.25) is 0 Å². The van der Waals surface area contributed by atoms with E-state index in [4.69, 9.17) is 5.73 Å². The lowest BCUT2D eigenvalue weighted by Crippen LogP contribution is -2.49. The molecule has 1 aliphatic heterocycles. The van der Waals surface area contributed by atoms with Crippen molar-refractivity contribution >= 4 is 27.3 Å². The van der Waals surface area contributed by atoms with Crippen molar-refractivity contribution in [3.63, 3.8) is 0 Å². The summed E-state index contributed by atoms with van der Waals surface area (Å²) in [4.78, 5) is 11.7. The molecule has 8 heteroatoms. The van der Waals surface area contributed by atoms with Gasteiger partial charge in [-0.15, -0.1) is 11.3 Å². The normalized spacial score (nSPS) is 24.6. The molecule has 1 aromatic rings. The molecule has 2 atom stereocenters. The number of methoxy groups -OCH3 is 1. The van der Waals surface area contributed by atoms with E-state index in [1.165, 1.54) is 17.5 Å². The third-order valence-electron chi connectivity index (χ3n) is 3.60. The van der Waals surface area contributed by atoms with Gasteiger partial charge < -0.3 is 10.5 Å². The van der Waals surface area contributed by atoms with E-state index in [0.717, 1.165) is 17.8 Å². The fraction of sp³-hybridized carbons (Fsp3) is 0.583. The first-order chi connectivity index (χ1) is 9.37. The van der Waals surface area contributed by atoms with Crippen LogP contribution in [0.25, 0.3) is 0 Å². The van der Waals surface area contributed by atoms with Crippen molar-refractivity contribution in [2.24, 2.45) is 11.7 Å². The second-order valence-corrected chi connectivity index (χ2v) is 7.72. The van der Waals surface area contributed by atoms with Gasteiger partial charge in [0.15, 0.2) is 0 Å². The number of nitrogens with two attached hydrogens (primary N) is 1. The minimum absolute atomic E-state index is 0.0103. The highest BCUT2D eigenvalue weighted by Crippen LogP contribution is 2.28. The number of ether oxygens (including phenoxy) is 1. The summed E-state index contributed by atoms with van der Waals surface area (Å²) in [5, 5.41) is 1.58. The van der Waals surface area contributed by atoms with Crippen LogP contribution in [0, 0.1) is 5.92 Å². The highest BCUT2D eigenvalue weighted by atomic mass is 32.2. The molecular formula is C12H18N2O4S2. The van der Waals surface area contributed by atoms with Crippen molar-refractivity contribution in [2.45, 2.75) is 24.3 Å². The summed E-state index contributed by atoms with van der Waals surface area (Å²) in [6.45, 7) is 2.71. The number of hydrogen-bond acceptors (Lipinski definition) is 6. The van der Waals surface area contributed by atoms with Gasteiger partial charge in [-0.25, -0.2) is 13.2 Å². The fourth-order valence-corrected chi connectivity index (χ4v) is 4.97. The Balaban J connectivity index is 2.32. The van der Waals surface area contributed by atoms with Crippen molar-refractivity contribution in [3.05, 3.63) is 16.3 Å². The van der Waals surface area contributed by atoms with E-state index in [1.807, 2.05) is 6.92 Å². The summed E-state index contributed by atoms with van der Waals surface area (Å²) < 4.78 is 31.2. The molecule has 20 heavy (non-hydrogen) atoms. The van der Waals surface area contributed by atoms with Crippen LogP contribution in [0.3, 0.4) is 0 Å². The third-order valence-corrected chi connectivity index (χ3v) is 6.53. The maximum Gasteiger partial charge on any atom is 0.349 e. The maximum absolute atomic E-state index is 12.6. The molecule has 0 bridgehead atoms. The molecule has 0 aliphatic carbocycles. The number of rotatable bonds is 3. The minimum Gasteiger partial charge on any atom is -0.465 e. The second-order valence-electron chi connectivity index (χ2n) is 4.90. The molecule has 2 unspecified atom stereocenters. The van der Waals surface area contributed by atoms with Crippen LogP contribution >= 0.6 is 11.3 Å². The molecule has 2 heterocycles. The number of sulfonamides is 1. The van der Waals surface area contributed by atoms with E-state index >= 15 is 0 Å². The van der Waals surface area contributed by atoms with Crippen LogP contribution in [0.4, 0.5) is 0 Å². The molecule has 0 radical (unpaired) electrons. The standard InChI is InChI=1S/C12H18N2O4S2/c1-8-3-5-14(7-9(8)13)20(16,17)10-4-6-19-11(10)12(15)18-2/h4,6,8-9H,3,5,7,13H2,1-2H3. The number of hydrogen-bond donors (Lipinski definition) is 1. The molecule has 1 saturated heterocycles. The van der Waals surface area contributed by atoms with Gasteiger partial charge in [-0.2, -0.15) is 4.31 Å². The Labute approximate surface area is 122 Å². The van der Waals surface area contributed by atoms with Crippen LogP contribution in [0.15, 0.2) is 16.3 Å². The lowest BCUT2D eigenvalue weighted by molar-refractivity contribution is 0.0602. The van der Waals surface area contributed by atoms with Crippen LogP contribution in [0.1, 0.15) is 23.0 Å². The lowest BCUT2D eigenvalue weighted by Gasteiger charge is -2.34. The molecule has 0 amide bonds. The van der Waals surface area contributed by atoms with E-state index in [1.54, 1.807) is 5.38 Å². The maximum atomic E-state index is 12.6. The Bertz CT molecular complexity index is 596. The average Bonchev–Trinajstić information content (AvgIpc) is 2.90. The van der Waals surface area contributed by atoms with Crippen molar-refractivity contribution in [1.82, 2.24) is 4.31 Å². The van der Waals surface area contributed by atoms with Gasteiger partial charge in [0.2, 0.25) is 10.0 Å². The molecule has 2 rings (SSSR count). The largest absolute Gasteiger partial charge is 0.465 e. The minimum atomic E-state index is -3.70. The van der Waals surface area contributed by atoms with E-state index in [0.29, 0.717) is 12.5 Å². The van der Waals surface area contributed by atoms with E-state index in [2.05, 4.69) is 4.74 Å². The van der Waals surface area contributed by atoms with Gasteiger partial charge in [0.25, 0.3) is 0 Å². The van der Waals surface area contributed by atoms with E-state index < -0.39 is 16.0 Å². The van der Waals surface area contributed by atoms with Crippen molar-refractivity contribution in [1.29, 1.82) is 0 Å². The van der Waals surface area contributed by atoms with Crippen molar-refractivity contribution < 1.29 is 17.9 Å². The monoisotopic (exact) mass is 318 g/mol. The third kappa shape index (κ3) is 2.73. The zero-order valence-electron chi connectivity index (χ0n) is 11.4. The first-order valence-corrected chi connectivity index (χ1v) is 8.61. The van der Waals surface area contributed by atoms with Gasteiger partial charge >= 0.3 is 5.97 Å². The zero-order valence-corrected chi connectivity index (χ0v) is 13.0. The molecule has 1 aromatic heterocycles. The summed E-state index contributed by atoms with van der Waals surface area (Å²) in [6.07, 6.45) is 0.720. The van der Waals surface area contributed by atoms with Crippen LogP contribution in [-0.4, -0.2) is 44.9 Å². The predicted molar refractivity (Wildman–Crippen MR) is 76.2 cm³/mol. The highest BCUT2D eigenvalue weighted by Gasteiger charge is 2.35. The number of thiophene rings is 1. The van der Waals surface area contributed by atoms with Crippen LogP contribution in [-0.2, 0) is 14.8 Å².